The van der Waals surface area contributed by atoms with E-state index in [2.05, 4.69) is 5.32 Å². The van der Waals surface area contributed by atoms with Crippen LogP contribution in [0.3, 0.4) is 0 Å². The van der Waals surface area contributed by atoms with Gasteiger partial charge in [0.15, 0.2) is 0 Å². The molecule has 1 fully saturated rings. The summed E-state index contributed by atoms with van der Waals surface area (Å²) in [7, 11) is 0. The van der Waals surface area contributed by atoms with Crippen LogP contribution in [-0.4, -0.2) is 11.4 Å². The lowest BCUT2D eigenvalue weighted by molar-refractivity contribution is -0.121. The Balaban J connectivity index is 2.15. The Morgan fingerprint density at radius 1 is 1.53 bits per heavy atom. The first-order chi connectivity index (χ1) is 7.91. The predicted octanol–water partition coefficient (Wildman–Crippen LogP) is 2.71. The fraction of sp³-hybridized carbons (Fsp3) is 0.462. The summed E-state index contributed by atoms with van der Waals surface area (Å²) < 4.78 is 0. The Morgan fingerprint density at radius 3 is 2.76 bits per heavy atom. The summed E-state index contributed by atoms with van der Waals surface area (Å²) >= 11 is 6.03. The summed E-state index contributed by atoms with van der Waals surface area (Å²) in [6.45, 7) is 3.73. The van der Waals surface area contributed by atoms with Gasteiger partial charge in [0.1, 0.15) is 0 Å². The van der Waals surface area contributed by atoms with Crippen LogP contribution < -0.4 is 11.1 Å². The van der Waals surface area contributed by atoms with Gasteiger partial charge in [-0.05, 0) is 50.3 Å². The average Bonchev–Trinajstić information content (AvgIpc) is 3.07. The lowest BCUT2D eigenvalue weighted by Crippen LogP contribution is -2.50. The smallest absolute Gasteiger partial charge is 0.244 e. The lowest BCUT2D eigenvalue weighted by Gasteiger charge is -2.23. The van der Waals surface area contributed by atoms with Crippen molar-refractivity contribution in [1.82, 2.24) is 0 Å². The molecule has 0 aromatic heterocycles. The molecule has 2 rings (SSSR count). The van der Waals surface area contributed by atoms with Gasteiger partial charge in [-0.3, -0.25) is 4.79 Å². The van der Waals surface area contributed by atoms with E-state index in [0.29, 0.717) is 16.6 Å². The Morgan fingerprint density at radius 2 is 2.18 bits per heavy atom. The van der Waals surface area contributed by atoms with Crippen LogP contribution in [0.2, 0.25) is 5.02 Å². The third kappa shape index (κ3) is 2.61. The summed E-state index contributed by atoms with van der Waals surface area (Å²) in [6, 6.07) is 5.53. The lowest BCUT2D eigenvalue weighted by atomic mass is 9.96. The Bertz CT molecular complexity index is 453. The number of aryl methyl sites for hydroxylation is 1. The van der Waals surface area contributed by atoms with Gasteiger partial charge in [-0.2, -0.15) is 0 Å². The van der Waals surface area contributed by atoms with Crippen molar-refractivity contribution in [2.24, 2.45) is 11.7 Å². The van der Waals surface area contributed by atoms with Gasteiger partial charge < -0.3 is 11.1 Å². The molecule has 1 aliphatic carbocycles. The summed E-state index contributed by atoms with van der Waals surface area (Å²) in [5.74, 6) is 0.138. The SMILES string of the molecule is Cc1ccc(Cl)c(NC(=O)C(C)(N)C2CC2)c1. The highest BCUT2D eigenvalue weighted by atomic mass is 35.5. The standard InChI is InChI=1S/C13H17ClN2O/c1-8-3-6-10(14)11(7-8)16-12(17)13(2,15)9-4-5-9/h3,6-7,9H,4-5,15H2,1-2H3,(H,16,17). The van der Waals surface area contributed by atoms with E-state index in [4.69, 9.17) is 17.3 Å². The number of carbonyl (C=O) groups is 1. The van der Waals surface area contributed by atoms with Gasteiger partial charge >= 0.3 is 0 Å². The fourth-order valence-electron chi connectivity index (χ4n) is 1.86. The molecule has 3 N–H and O–H groups in total. The van der Waals surface area contributed by atoms with E-state index in [9.17, 15) is 4.79 Å². The van der Waals surface area contributed by atoms with Crippen molar-refractivity contribution < 1.29 is 4.79 Å². The van der Waals surface area contributed by atoms with Crippen LogP contribution in [-0.2, 0) is 4.79 Å². The average molecular weight is 253 g/mol. The second-order valence-corrected chi connectivity index (χ2v) is 5.40. The molecule has 1 atom stereocenters. The summed E-state index contributed by atoms with van der Waals surface area (Å²) in [4.78, 5) is 12.1. The van der Waals surface area contributed by atoms with Crippen molar-refractivity contribution in [1.29, 1.82) is 0 Å². The van der Waals surface area contributed by atoms with Gasteiger partial charge in [0.25, 0.3) is 0 Å². The first-order valence-electron chi connectivity index (χ1n) is 5.77. The third-order valence-electron chi connectivity index (χ3n) is 3.28. The minimum absolute atomic E-state index is 0.160. The number of halogens is 1. The molecule has 1 unspecified atom stereocenters. The molecule has 1 amide bonds. The number of hydrogen-bond acceptors (Lipinski definition) is 2. The Kier molecular flexibility index (Phi) is 3.15. The molecule has 0 spiro atoms. The van der Waals surface area contributed by atoms with E-state index in [1.165, 1.54) is 0 Å². The van der Waals surface area contributed by atoms with E-state index in [1.807, 2.05) is 19.1 Å². The zero-order valence-electron chi connectivity index (χ0n) is 10.1. The first-order valence-corrected chi connectivity index (χ1v) is 6.15. The second kappa shape index (κ2) is 4.31. The van der Waals surface area contributed by atoms with Crippen LogP contribution in [0.25, 0.3) is 0 Å². The van der Waals surface area contributed by atoms with E-state index >= 15 is 0 Å². The highest BCUT2D eigenvalue weighted by Crippen LogP contribution is 2.38. The monoisotopic (exact) mass is 252 g/mol. The third-order valence-corrected chi connectivity index (χ3v) is 3.61. The largest absolute Gasteiger partial charge is 0.323 e. The van der Waals surface area contributed by atoms with E-state index < -0.39 is 5.54 Å². The van der Waals surface area contributed by atoms with Crippen LogP contribution in [0, 0.1) is 12.8 Å². The van der Waals surface area contributed by atoms with Gasteiger partial charge in [-0.1, -0.05) is 17.7 Å². The minimum atomic E-state index is -0.799. The van der Waals surface area contributed by atoms with Crippen molar-refractivity contribution in [3.8, 4) is 0 Å². The maximum absolute atomic E-state index is 12.1. The van der Waals surface area contributed by atoms with Gasteiger partial charge in [0.2, 0.25) is 5.91 Å². The minimum Gasteiger partial charge on any atom is -0.323 e. The van der Waals surface area contributed by atoms with Crippen molar-refractivity contribution in [2.75, 3.05) is 5.32 Å². The number of nitrogens with one attached hydrogen (secondary N) is 1. The molecule has 0 saturated heterocycles. The number of nitrogens with two attached hydrogens (primary N) is 1. The van der Waals surface area contributed by atoms with Crippen LogP contribution in [0.1, 0.15) is 25.3 Å². The number of hydrogen-bond donors (Lipinski definition) is 2. The zero-order valence-corrected chi connectivity index (χ0v) is 10.8. The van der Waals surface area contributed by atoms with Crippen molar-refractivity contribution in [3.63, 3.8) is 0 Å². The number of carbonyl (C=O) groups excluding carboxylic acids is 1. The summed E-state index contributed by atoms with van der Waals surface area (Å²) in [6.07, 6.45) is 2.06. The Labute approximate surface area is 106 Å². The molecule has 0 radical (unpaired) electrons. The first kappa shape index (κ1) is 12.4. The van der Waals surface area contributed by atoms with E-state index in [-0.39, 0.29) is 5.91 Å². The van der Waals surface area contributed by atoms with Gasteiger partial charge in [-0.15, -0.1) is 0 Å². The van der Waals surface area contributed by atoms with Crippen molar-refractivity contribution in [3.05, 3.63) is 28.8 Å². The van der Waals surface area contributed by atoms with Gasteiger partial charge in [0.05, 0.1) is 16.2 Å². The molecule has 0 heterocycles. The second-order valence-electron chi connectivity index (χ2n) is 4.99. The summed E-state index contributed by atoms with van der Waals surface area (Å²) in [5, 5.41) is 3.35. The van der Waals surface area contributed by atoms with Crippen molar-refractivity contribution in [2.45, 2.75) is 32.2 Å². The van der Waals surface area contributed by atoms with Crippen LogP contribution in [0.5, 0.6) is 0 Å². The maximum atomic E-state index is 12.1. The number of rotatable bonds is 3. The number of amides is 1. The molecular formula is C13H17ClN2O. The van der Waals surface area contributed by atoms with Crippen LogP contribution in [0.15, 0.2) is 18.2 Å². The predicted molar refractivity (Wildman–Crippen MR) is 70.1 cm³/mol. The highest BCUT2D eigenvalue weighted by molar-refractivity contribution is 6.33. The van der Waals surface area contributed by atoms with Crippen LogP contribution in [0.4, 0.5) is 5.69 Å². The molecule has 0 bridgehead atoms. The quantitative estimate of drug-likeness (QED) is 0.869. The van der Waals surface area contributed by atoms with E-state index in [1.54, 1.807) is 13.0 Å². The maximum Gasteiger partial charge on any atom is 0.244 e. The van der Waals surface area contributed by atoms with Gasteiger partial charge in [0, 0.05) is 0 Å². The number of anilines is 1. The topological polar surface area (TPSA) is 55.1 Å². The van der Waals surface area contributed by atoms with E-state index in [0.717, 1.165) is 18.4 Å². The fourth-order valence-corrected chi connectivity index (χ4v) is 2.03. The molecule has 92 valence electrons. The van der Waals surface area contributed by atoms with Crippen LogP contribution >= 0.6 is 11.6 Å². The zero-order chi connectivity index (χ0) is 12.6. The molecule has 0 aliphatic heterocycles. The van der Waals surface area contributed by atoms with Crippen molar-refractivity contribution >= 4 is 23.2 Å². The molecule has 17 heavy (non-hydrogen) atoms. The molecular weight excluding hydrogens is 236 g/mol. The molecule has 1 aromatic rings. The molecule has 3 nitrogen and oxygen atoms in total. The normalized spacial score (nSPS) is 18.6. The number of benzene rings is 1. The van der Waals surface area contributed by atoms with Gasteiger partial charge in [-0.25, -0.2) is 0 Å². The highest BCUT2D eigenvalue weighted by Gasteiger charge is 2.44. The molecule has 1 aliphatic rings. The molecule has 4 heteroatoms. The Hall–Kier alpha value is -1.06. The molecule has 1 aromatic carbocycles. The molecule has 1 saturated carbocycles. The summed E-state index contributed by atoms with van der Waals surface area (Å²) in [5.41, 5.74) is 6.93.